The van der Waals surface area contributed by atoms with Gasteiger partial charge in [-0.3, -0.25) is 0 Å². The summed E-state index contributed by atoms with van der Waals surface area (Å²) in [4.78, 5) is 10.2. The van der Waals surface area contributed by atoms with Crippen molar-refractivity contribution in [3.05, 3.63) is 41.5 Å². The van der Waals surface area contributed by atoms with E-state index in [1.165, 1.54) is 0 Å². The Bertz CT molecular complexity index is 858. The van der Waals surface area contributed by atoms with Crippen molar-refractivity contribution in [2.45, 2.75) is 17.9 Å². The SMILES string of the molecule is Cc1ccc(-c2nc(C(Cl)Cl)nc3nc(C(F)(F)F)nn23)cc1. The number of hydrogen-bond acceptors (Lipinski definition) is 4. The highest BCUT2D eigenvalue weighted by atomic mass is 35.5. The summed E-state index contributed by atoms with van der Waals surface area (Å²) in [6.07, 6.45) is -4.69. The van der Waals surface area contributed by atoms with Gasteiger partial charge in [-0.2, -0.15) is 27.7 Å². The third kappa shape index (κ3) is 3.09. The Labute approximate surface area is 138 Å². The number of aryl methyl sites for hydroxylation is 1. The number of benzene rings is 1. The number of rotatable bonds is 2. The van der Waals surface area contributed by atoms with Crippen LogP contribution in [-0.2, 0) is 6.18 Å². The first kappa shape index (κ1) is 15.9. The molecule has 0 radical (unpaired) electrons. The zero-order valence-corrected chi connectivity index (χ0v) is 13.0. The fourth-order valence-electron chi connectivity index (χ4n) is 1.91. The molecule has 3 rings (SSSR count). The quantitative estimate of drug-likeness (QED) is 0.647. The molecule has 2 aromatic heterocycles. The lowest BCUT2D eigenvalue weighted by molar-refractivity contribution is -0.144. The standard InChI is InChI=1S/C13H8Cl2F3N5/c1-6-2-4-7(5-3-6)10-19-9(8(14)15)20-12-21-11(13(16,17)18)22-23(10)12/h2-5,8H,1H3. The molecule has 0 aliphatic rings. The second-order valence-electron chi connectivity index (χ2n) is 4.72. The molecule has 0 saturated heterocycles. The summed E-state index contributed by atoms with van der Waals surface area (Å²) in [6.45, 7) is 1.88. The number of aromatic nitrogens is 5. The van der Waals surface area contributed by atoms with Gasteiger partial charge in [0.15, 0.2) is 16.5 Å². The molecule has 10 heteroatoms. The molecule has 0 fully saturated rings. The number of alkyl halides is 5. The first-order chi connectivity index (χ1) is 10.8. The van der Waals surface area contributed by atoms with Crippen LogP contribution in [0.5, 0.6) is 0 Å². The normalized spacial score (nSPS) is 12.3. The molecule has 5 nitrogen and oxygen atoms in total. The second-order valence-corrected chi connectivity index (χ2v) is 5.81. The van der Waals surface area contributed by atoms with Crippen molar-refractivity contribution in [2.24, 2.45) is 0 Å². The first-order valence-corrected chi connectivity index (χ1v) is 7.20. The van der Waals surface area contributed by atoms with Crippen LogP contribution in [-0.4, -0.2) is 24.6 Å². The zero-order valence-electron chi connectivity index (χ0n) is 11.5. The Hall–Kier alpha value is -1.93. The molecule has 0 aliphatic carbocycles. The average Bonchev–Trinajstić information content (AvgIpc) is 2.91. The summed E-state index contributed by atoms with van der Waals surface area (Å²) in [5.74, 6) is -1.50. The van der Waals surface area contributed by atoms with E-state index in [0.717, 1.165) is 10.1 Å². The van der Waals surface area contributed by atoms with Gasteiger partial charge in [0.05, 0.1) is 0 Å². The van der Waals surface area contributed by atoms with Crippen molar-refractivity contribution in [1.82, 2.24) is 24.6 Å². The number of hydrogen-bond donors (Lipinski definition) is 0. The fourth-order valence-corrected chi connectivity index (χ4v) is 2.10. The molecule has 0 spiro atoms. The maximum atomic E-state index is 12.8. The molecule has 23 heavy (non-hydrogen) atoms. The van der Waals surface area contributed by atoms with Gasteiger partial charge >= 0.3 is 6.18 Å². The smallest absolute Gasteiger partial charge is 0.210 e. The van der Waals surface area contributed by atoms with Crippen LogP contribution in [0.1, 0.15) is 22.0 Å². The van der Waals surface area contributed by atoms with E-state index in [1.807, 2.05) is 6.92 Å². The van der Waals surface area contributed by atoms with Crippen molar-refractivity contribution in [3.63, 3.8) is 0 Å². The molecule has 0 bridgehead atoms. The van der Waals surface area contributed by atoms with E-state index < -0.39 is 16.8 Å². The van der Waals surface area contributed by atoms with Gasteiger partial charge in [0.2, 0.25) is 0 Å². The molecule has 0 N–H and O–H groups in total. The highest BCUT2D eigenvalue weighted by molar-refractivity contribution is 6.43. The summed E-state index contributed by atoms with van der Waals surface area (Å²) in [5.41, 5.74) is 1.53. The van der Waals surface area contributed by atoms with Crippen molar-refractivity contribution in [1.29, 1.82) is 0 Å². The van der Waals surface area contributed by atoms with Gasteiger partial charge in [-0.25, -0.2) is 4.98 Å². The minimum absolute atomic E-state index is 0.0440. The molecule has 0 atom stereocenters. The first-order valence-electron chi connectivity index (χ1n) is 6.33. The third-order valence-corrected chi connectivity index (χ3v) is 3.37. The lowest BCUT2D eigenvalue weighted by Gasteiger charge is -2.07. The minimum atomic E-state index is -4.69. The van der Waals surface area contributed by atoms with Crippen LogP contribution in [0.3, 0.4) is 0 Å². The van der Waals surface area contributed by atoms with Gasteiger partial charge < -0.3 is 0 Å². The highest BCUT2D eigenvalue weighted by Gasteiger charge is 2.37. The van der Waals surface area contributed by atoms with E-state index >= 15 is 0 Å². The highest BCUT2D eigenvalue weighted by Crippen LogP contribution is 2.29. The lowest BCUT2D eigenvalue weighted by Crippen LogP contribution is -2.08. The Morgan fingerprint density at radius 3 is 2.26 bits per heavy atom. The molecule has 3 aromatic rings. The van der Waals surface area contributed by atoms with Crippen LogP contribution in [0.15, 0.2) is 24.3 Å². The Kier molecular flexibility index (Phi) is 3.89. The number of nitrogens with zero attached hydrogens (tertiary/aromatic N) is 5. The van der Waals surface area contributed by atoms with E-state index in [0.29, 0.717) is 5.56 Å². The molecular weight excluding hydrogens is 354 g/mol. The van der Waals surface area contributed by atoms with Crippen LogP contribution in [0.2, 0.25) is 0 Å². The summed E-state index contributed by atoms with van der Waals surface area (Å²) in [7, 11) is 0. The monoisotopic (exact) mass is 361 g/mol. The summed E-state index contributed by atoms with van der Waals surface area (Å²) < 4.78 is 39.4. The molecule has 2 heterocycles. The van der Waals surface area contributed by atoms with Crippen molar-refractivity contribution in [2.75, 3.05) is 0 Å². The zero-order chi connectivity index (χ0) is 16.8. The predicted octanol–water partition coefficient (Wildman–Crippen LogP) is 3.99. The Morgan fingerprint density at radius 1 is 1.04 bits per heavy atom. The molecule has 0 saturated carbocycles. The van der Waals surface area contributed by atoms with E-state index in [9.17, 15) is 13.2 Å². The second kappa shape index (κ2) is 5.61. The van der Waals surface area contributed by atoms with Crippen LogP contribution in [0.4, 0.5) is 13.2 Å². The van der Waals surface area contributed by atoms with E-state index in [1.54, 1.807) is 24.3 Å². The fraction of sp³-hybridized carbons (Fsp3) is 0.231. The van der Waals surface area contributed by atoms with Crippen LogP contribution < -0.4 is 0 Å². The molecule has 120 valence electrons. The number of halogens is 5. The summed E-state index contributed by atoms with van der Waals surface area (Å²) in [5, 5.41) is 3.45. The van der Waals surface area contributed by atoms with Crippen LogP contribution >= 0.6 is 23.2 Å². The van der Waals surface area contributed by atoms with Crippen molar-refractivity contribution < 1.29 is 13.2 Å². The summed E-state index contributed by atoms with van der Waals surface area (Å²) >= 11 is 11.5. The van der Waals surface area contributed by atoms with Crippen molar-refractivity contribution >= 4 is 29.0 Å². The average molecular weight is 362 g/mol. The van der Waals surface area contributed by atoms with E-state index in [2.05, 4.69) is 20.1 Å². The van der Waals surface area contributed by atoms with Crippen molar-refractivity contribution in [3.8, 4) is 11.4 Å². The minimum Gasteiger partial charge on any atom is -0.210 e. The Morgan fingerprint density at radius 2 is 1.70 bits per heavy atom. The summed E-state index contributed by atoms with van der Waals surface area (Å²) in [6, 6.07) is 6.99. The van der Waals surface area contributed by atoms with Gasteiger partial charge in [0.1, 0.15) is 0 Å². The molecule has 1 aromatic carbocycles. The predicted molar refractivity (Wildman–Crippen MR) is 78.2 cm³/mol. The van der Waals surface area contributed by atoms with Gasteiger partial charge in [0.25, 0.3) is 11.6 Å². The molecule has 0 amide bonds. The van der Waals surface area contributed by atoms with E-state index in [4.69, 9.17) is 23.2 Å². The van der Waals surface area contributed by atoms with Gasteiger partial charge in [-0.15, -0.1) is 5.10 Å². The van der Waals surface area contributed by atoms with Crippen LogP contribution in [0.25, 0.3) is 17.2 Å². The van der Waals surface area contributed by atoms with E-state index in [-0.39, 0.29) is 17.4 Å². The topological polar surface area (TPSA) is 56.0 Å². The van der Waals surface area contributed by atoms with Gasteiger partial charge in [0, 0.05) is 5.56 Å². The van der Waals surface area contributed by atoms with Gasteiger partial charge in [-0.1, -0.05) is 53.0 Å². The molecular formula is C13H8Cl2F3N5. The third-order valence-electron chi connectivity index (χ3n) is 2.98. The maximum absolute atomic E-state index is 12.8. The molecule has 0 aliphatic heterocycles. The number of fused-ring (bicyclic) bond motifs is 1. The largest absolute Gasteiger partial charge is 0.453 e. The van der Waals surface area contributed by atoms with Crippen LogP contribution in [0, 0.1) is 6.92 Å². The molecule has 0 unspecified atom stereocenters. The maximum Gasteiger partial charge on any atom is 0.453 e. The Balaban J connectivity index is 2.29. The van der Waals surface area contributed by atoms with Gasteiger partial charge in [-0.05, 0) is 6.92 Å². The lowest BCUT2D eigenvalue weighted by atomic mass is 10.1.